The molecule has 57 heavy (non-hydrogen) atoms. The van der Waals surface area contributed by atoms with E-state index in [1.165, 1.54) is 71.4 Å². The number of benzene rings is 9. The first kappa shape index (κ1) is 33.2. The predicted octanol–water partition coefficient (Wildman–Crippen LogP) is 14.6. The summed E-state index contributed by atoms with van der Waals surface area (Å²) in [4.78, 5) is 10.3. The molecule has 1 aromatic heterocycles. The monoisotopic (exact) mass is 726 g/mol. The van der Waals surface area contributed by atoms with Gasteiger partial charge >= 0.3 is 0 Å². The van der Waals surface area contributed by atoms with E-state index in [1.54, 1.807) is 0 Å². The van der Waals surface area contributed by atoms with Gasteiger partial charge < -0.3 is 0 Å². The third-order valence-electron chi connectivity index (χ3n) is 12.1. The van der Waals surface area contributed by atoms with Gasteiger partial charge in [-0.05, 0) is 82.9 Å². The van der Waals surface area contributed by atoms with Crippen molar-refractivity contribution >= 4 is 32.3 Å². The predicted molar refractivity (Wildman–Crippen MR) is 239 cm³/mol. The lowest BCUT2D eigenvalue weighted by Gasteiger charge is -2.26. The van der Waals surface area contributed by atoms with Gasteiger partial charge in [-0.1, -0.05) is 202 Å². The fraction of sp³-hybridized carbons (Fsp3) is 0.0545. The van der Waals surface area contributed by atoms with Gasteiger partial charge in [-0.25, -0.2) is 9.97 Å². The molecule has 0 unspecified atom stereocenters. The minimum Gasteiger partial charge on any atom is -0.228 e. The summed E-state index contributed by atoms with van der Waals surface area (Å²) in [6.07, 6.45) is 0. The Morgan fingerprint density at radius 1 is 0.316 bits per heavy atom. The first-order valence-corrected chi connectivity index (χ1v) is 19.8. The normalized spacial score (nSPS) is 12.9. The summed E-state index contributed by atoms with van der Waals surface area (Å²) >= 11 is 0. The fourth-order valence-electron chi connectivity index (χ4n) is 9.55. The van der Waals surface area contributed by atoms with Crippen molar-refractivity contribution in [2.24, 2.45) is 0 Å². The van der Waals surface area contributed by atoms with Gasteiger partial charge in [0.15, 0.2) is 5.82 Å². The third kappa shape index (κ3) is 5.25. The van der Waals surface area contributed by atoms with E-state index in [-0.39, 0.29) is 5.41 Å². The smallest absolute Gasteiger partial charge is 0.160 e. The molecule has 0 amide bonds. The fourth-order valence-corrected chi connectivity index (χ4v) is 9.55. The van der Waals surface area contributed by atoms with E-state index < -0.39 is 0 Å². The van der Waals surface area contributed by atoms with E-state index in [4.69, 9.17) is 9.97 Å². The maximum Gasteiger partial charge on any atom is 0.160 e. The van der Waals surface area contributed by atoms with E-state index in [0.29, 0.717) is 5.82 Å². The van der Waals surface area contributed by atoms with E-state index >= 15 is 0 Å². The second kappa shape index (κ2) is 13.0. The maximum atomic E-state index is 5.21. The van der Waals surface area contributed by atoms with Crippen LogP contribution >= 0.6 is 0 Å². The molecule has 0 atom stereocenters. The minimum absolute atomic E-state index is 0.171. The summed E-state index contributed by atoms with van der Waals surface area (Å²) in [6, 6.07) is 70.0. The van der Waals surface area contributed by atoms with Crippen molar-refractivity contribution < 1.29 is 0 Å². The Morgan fingerprint density at radius 2 is 0.754 bits per heavy atom. The summed E-state index contributed by atoms with van der Waals surface area (Å²) in [5.41, 5.74) is 15.3. The van der Waals surface area contributed by atoms with E-state index in [1.807, 2.05) is 24.3 Å². The average Bonchev–Trinajstić information content (AvgIpc) is 3.52. The van der Waals surface area contributed by atoms with Crippen molar-refractivity contribution in [3.63, 3.8) is 0 Å². The Kier molecular flexibility index (Phi) is 7.55. The van der Waals surface area contributed by atoms with Crippen LogP contribution in [0.3, 0.4) is 0 Å². The molecule has 10 aromatic rings. The molecule has 0 saturated carbocycles. The molecule has 0 aliphatic heterocycles. The first-order chi connectivity index (χ1) is 28.0. The minimum atomic E-state index is -0.171. The standard InChI is InChI=1S/C55H38N2/c1-55(2)52-38-21-10-9-16-35(38)28-29-49(52)48-27-15-26-47(53(48)55)45-31-30-43(39-22-11-12-23-40(39)45)44-32-33-46(42-25-14-13-24-41(42)44)51-34-50(36-17-5-3-6-18-36)56-54(57-51)37-19-7-4-8-20-37/h3-34H,1-2H3. The lowest BCUT2D eigenvalue weighted by molar-refractivity contribution is 0.668. The Labute approximate surface area is 332 Å². The van der Waals surface area contributed by atoms with Crippen molar-refractivity contribution in [3.05, 3.63) is 205 Å². The molecule has 9 aromatic carbocycles. The van der Waals surface area contributed by atoms with Crippen molar-refractivity contribution in [2.45, 2.75) is 19.3 Å². The van der Waals surface area contributed by atoms with Gasteiger partial charge in [0.1, 0.15) is 0 Å². The Bertz CT molecular complexity index is 3140. The van der Waals surface area contributed by atoms with Crippen molar-refractivity contribution in [1.82, 2.24) is 9.97 Å². The zero-order valence-corrected chi connectivity index (χ0v) is 31.9. The molecule has 2 heteroatoms. The summed E-state index contributed by atoms with van der Waals surface area (Å²) < 4.78 is 0. The lowest BCUT2D eigenvalue weighted by atomic mass is 9.76. The molecule has 1 aliphatic carbocycles. The van der Waals surface area contributed by atoms with Crippen LogP contribution in [-0.2, 0) is 5.41 Å². The van der Waals surface area contributed by atoms with Gasteiger partial charge in [0, 0.05) is 22.1 Å². The number of hydrogen-bond donors (Lipinski definition) is 0. The molecular weight excluding hydrogens is 689 g/mol. The van der Waals surface area contributed by atoms with Crippen LogP contribution in [0.15, 0.2) is 194 Å². The summed E-state index contributed by atoms with van der Waals surface area (Å²) in [6.45, 7) is 4.81. The highest BCUT2D eigenvalue weighted by atomic mass is 14.9. The molecule has 0 N–H and O–H groups in total. The molecule has 11 rings (SSSR count). The molecule has 0 spiro atoms. The van der Waals surface area contributed by atoms with Crippen LogP contribution in [0.25, 0.3) is 99.6 Å². The van der Waals surface area contributed by atoms with Gasteiger partial charge in [0.2, 0.25) is 0 Å². The van der Waals surface area contributed by atoms with E-state index in [2.05, 4.69) is 184 Å². The van der Waals surface area contributed by atoms with Crippen LogP contribution in [0.2, 0.25) is 0 Å². The summed E-state index contributed by atoms with van der Waals surface area (Å²) in [5.74, 6) is 0.716. The summed E-state index contributed by atoms with van der Waals surface area (Å²) in [7, 11) is 0. The first-order valence-electron chi connectivity index (χ1n) is 19.8. The largest absolute Gasteiger partial charge is 0.228 e. The van der Waals surface area contributed by atoms with Gasteiger partial charge in [-0.3, -0.25) is 0 Å². The number of rotatable bonds is 5. The van der Waals surface area contributed by atoms with Crippen LogP contribution < -0.4 is 0 Å². The van der Waals surface area contributed by atoms with Gasteiger partial charge in [-0.2, -0.15) is 0 Å². The van der Waals surface area contributed by atoms with Crippen molar-refractivity contribution in [1.29, 1.82) is 0 Å². The van der Waals surface area contributed by atoms with Crippen LogP contribution in [0, 0.1) is 0 Å². The molecule has 1 heterocycles. The Morgan fingerprint density at radius 3 is 1.39 bits per heavy atom. The lowest BCUT2D eigenvalue weighted by Crippen LogP contribution is -2.17. The highest BCUT2D eigenvalue weighted by Gasteiger charge is 2.39. The van der Waals surface area contributed by atoms with Crippen molar-refractivity contribution in [2.75, 3.05) is 0 Å². The van der Waals surface area contributed by atoms with E-state index in [9.17, 15) is 0 Å². The molecule has 0 radical (unpaired) electrons. The molecule has 1 aliphatic rings. The van der Waals surface area contributed by atoms with Crippen LogP contribution in [-0.4, -0.2) is 9.97 Å². The molecule has 2 nitrogen and oxygen atoms in total. The number of aromatic nitrogens is 2. The summed E-state index contributed by atoms with van der Waals surface area (Å²) in [5, 5.41) is 7.48. The van der Waals surface area contributed by atoms with Gasteiger partial charge in [0.05, 0.1) is 11.4 Å². The number of hydrogen-bond acceptors (Lipinski definition) is 2. The zero-order valence-electron chi connectivity index (χ0n) is 31.9. The van der Waals surface area contributed by atoms with Crippen LogP contribution in [0.4, 0.5) is 0 Å². The quantitative estimate of drug-likeness (QED) is 0.176. The Hall–Kier alpha value is -7.16. The number of nitrogens with zero attached hydrogens (tertiary/aromatic N) is 2. The second-order valence-corrected chi connectivity index (χ2v) is 15.7. The molecule has 0 saturated heterocycles. The SMILES string of the molecule is CC1(C)c2c(cccc2-c2ccc(-c3ccc(-c4cc(-c5ccccc5)nc(-c5ccccc5)n4)c4ccccc34)c3ccccc23)-c2ccc3ccccc3c21. The molecule has 0 bridgehead atoms. The highest BCUT2D eigenvalue weighted by molar-refractivity contribution is 6.13. The topological polar surface area (TPSA) is 25.8 Å². The maximum absolute atomic E-state index is 5.21. The van der Waals surface area contributed by atoms with Crippen LogP contribution in [0.5, 0.6) is 0 Å². The molecule has 268 valence electrons. The van der Waals surface area contributed by atoms with Crippen molar-refractivity contribution in [3.8, 4) is 67.3 Å². The van der Waals surface area contributed by atoms with Crippen LogP contribution in [0.1, 0.15) is 25.0 Å². The highest BCUT2D eigenvalue weighted by Crippen LogP contribution is 2.55. The average molecular weight is 727 g/mol. The van der Waals surface area contributed by atoms with Gasteiger partial charge in [0.25, 0.3) is 0 Å². The molecule has 0 fully saturated rings. The van der Waals surface area contributed by atoms with E-state index in [0.717, 1.165) is 33.5 Å². The number of fused-ring (bicyclic) bond motifs is 7. The van der Waals surface area contributed by atoms with Gasteiger partial charge in [-0.15, -0.1) is 0 Å². The third-order valence-corrected chi connectivity index (χ3v) is 12.1. The molecular formula is C55H38N2. The second-order valence-electron chi connectivity index (χ2n) is 15.7. The Balaban J connectivity index is 1.08. The zero-order chi connectivity index (χ0) is 38.1.